The van der Waals surface area contributed by atoms with Crippen LogP contribution >= 0.6 is 0 Å². The summed E-state index contributed by atoms with van der Waals surface area (Å²) in [5.41, 5.74) is -0.701. The van der Waals surface area contributed by atoms with Gasteiger partial charge in [0.1, 0.15) is 47.4 Å². The van der Waals surface area contributed by atoms with Crippen LogP contribution < -0.4 is 0 Å². The normalized spacial score (nSPS) is 22.5. The number of benzene rings is 1. The van der Waals surface area contributed by atoms with E-state index in [4.69, 9.17) is 4.74 Å². The van der Waals surface area contributed by atoms with Gasteiger partial charge in [0.25, 0.3) is 0 Å². The average molecular weight is 473 g/mol. The Balaban J connectivity index is 1.63. The largest absolute Gasteiger partial charge is 0.390 e. The van der Waals surface area contributed by atoms with Gasteiger partial charge in [-0.2, -0.15) is 0 Å². The van der Waals surface area contributed by atoms with Gasteiger partial charge in [-0.15, -0.1) is 0 Å². The molecule has 178 valence electrons. The summed E-state index contributed by atoms with van der Waals surface area (Å²) >= 11 is 0. The van der Waals surface area contributed by atoms with E-state index in [-0.39, 0.29) is 18.5 Å². The van der Waals surface area contributed by atoms with Gasteiger partial charge in [0.15, 0.2) is 5.78 Å². The molecule has 4 rings (SSSR count). The first-order valence-electron chi connectivity index (χ1n) is 10.7. The molecule has 0 radical (unpaired) electrons. The highest BCUT2D eigenvalue weighted by Crippen LogP contribution is 2.34. The number of ether oxygens (including phenoxy) is 1. The minimum Gasteiger partial charge on any atom is -0.390 e. The molecular weight excluding hydrogens is 451 g/mol. The topological polar surface area (TPSA) is 105 Å². The number of nitrogens with zero attached hydrogens (tertiary/aromatic N) is 3. The van der Waals surface area contributed by atoms with Crippen LogP contribution in [0.4, 0.5) is 13.2 Å². The number of Topliss-reactive ketones (excluding diaryl/α,β-unsaturated/α-hetero) is 1. The van der Waals surface area contributed by atoms with Gasteiger partial charge in [0.05, 0.1) is 23.5 Å². The van der Waals surface area contributed by atoms with Gasteiger partial charge in [-0.25, -0.2) is 28.1 Å². The van der Waals surface area contributed by atoms with Gasteiger partial charge in [-0.05, 0) is 30.7 Å². The highest BCUT2D eigenvalue weighted by atomic mass is 19.1. The van der Waals surface area contributed by atoms with Crippen molar-refractivity contribution in [2.45, 2.75) is 50.6 Å². The predicted molar refractivity (Wildman–Crippen MR) is 114 cm³/mol. The van der Waals surface area contributed by atoms with Crippen molar-refractivity contribution in [1.82, 2.24) is 15.0 Å². The lowest BCUT2D eigenvalue weighted by molar-refractivity contribution is -0.172. The number of rotatable bonds is 6. The Morgan fingerprint density at radius 2 is 1.85 bits per heavy atom. The van der Waals surface area contributed by atoms with Gasteiger partial charge in [-0.3, -0.25) is 4.79 Å². The SMILES string of the molecule is CC[C@H]1O[C@@H](c2ncncc2CC(=O)c2ccc(F)c(-c3c(F)cccc3F)n2)C[C@@H](O)[C@@H]1O. The molecule has 1 aromatic carbocycles. The van der Waals surface area contributed by atoms with Crippen LogP contribution in [0.5, 0.6) is 0 Å². The molecule has 1 aliphatic heterocycles. The first kappa shape index (κ1) is 23.9. The van der Waals surface area contributed by atoms with E-state index in [1.807, 2.05) is 6.92 Å². The Labute approximate surface area is 193 Å². The quantitative estimate of drug-likeness (QED) is 0.529. The highest BCUT2D eigenvalue weighted by molar-refractivity contribution is 5.96. The third-order valence-electron chi connectivity index (χ3n) is 5.78. The molecule has 34 heavy (non-hydrogen) atoms. The minimum absolute atomic E-state index is 0.0708. The molecule has 1 aliphatic rings. The average Bonchev–Trinajstić information content (AvgIpc) is 2.82. The number of aromatic nitrogens is 3. The molecule has 1 fully saturated rings. The summed E-state index contributed by atoms with van der Waals surface area (Å²) in [4.78, 5) is 25.1. The number of carbonyl (C=O) groups excluding carboxylic acids is 1. The number of ketones is 1. The molecule has 0 spiro atoms. The van der Waals surface area contributed by atoms with Gasteiger partial charge in [0, 0.05) is 24.6 Å². The Hall–Kier alpha value is -3.21. The van der Waals surface area contributed by atoms with E-state index >= 15 is 0 Å². The summed E-state index contributed by atoms with van der Waals surface area (Å²) in [6.07, 6.45) is -0.368. The molecule has 7 nitrogen and oxygen atoms in total. The summed E-state index contributed by atoms with van der Waals surface area (Å²) in [5, 5.41) is 20.3. The maximum atomic E-state index is 14.4. The fourth-order valence-corrected chi connectivity index (χ4v) is 4.02. The lowest BCUT2D eigenvalue weighted by atomic mass is 9.92. The van der Waals surface area contributed by atoms with Crippen LogP contribution in [0.2, 0.25) is 0 Å². The van der Waals surface area contributed by atoms with E-state index in [1.54, 1.807) is 0 Å². The molecule has 4 atom stereocenters. The van der Waals surface area contributed by atoms with E-state index < -0.39 is 58.9 Å². The highest BCUT2D eigenvalue weighted by Gasteiger charge is 2.37. The van der Waals surface area contributed by atoms with Crippen molar-refractivity contribution in [3.8, 4) is 11.3 Å². The molecule has 10 heteroatoms. The number of hydrogen-bond acceptors (Lipinski definition) is 7. The standard InChI is InChI=1S/C24H22F3N3O4/c1-2-19-24(33)18(32)9-20(34-19)22-12(10-28-11-29-22)8-17(31)16-7-6-15(27)23(30-16)21-13(25)4-3-5-14(21)26/h3-7,10-11,18-20,24,32-33H,2,8-9H2,1H3/t18-,19-,20-,24+/m1/s1. The number of hydrogen-bond donors (Lipinski definition) is 2. The molecule has 0 amide bonds. The summed E-state index contributed by atoms with van der Waals surface area (Å²) < 4.78 is 48.6. The number of aliphatic hydroxyl groups is 2. The van der Waals surface area contributed by atoms with Crippen molar-refractivity contribution in [1.29, 1.82) is 0 Å². The van der Waals surface area contributed by atoms with Crippen molar-refractivity contribution in [3.63, 3.8) is 0 Å². The van der Waals surface area contributed by atoms with Gasteiger partial charge >= 0.3 is 0 Å². The Morgan fingerprint density at radius 3 is 2.56 bits per heavy atom. The molecule has 1 saturated heterocycles. The van der Waals surface area contributed by atoms with Gasteiger partial charge in [-0.1, -0.05) is 13.0 Å². The van der Waals surface area contributed by atoms with Crippen LogP contribution in [0.1, 0.15) is 47.6 Å². The lowest BCUT2D eigenvalue weighted by Crippen LogP contribution is -2.45. The van der Waals surface area contributed by atoms with Crippen molar-refractivity contribution in [2.24, 2.45) is 0 Å². The van der Waals surface area contributed by atoms with E-state index in [0.29, 0.717) is 17.7 Å². The van der Waals surface area contributed by atoms with Crippen LogP contribution in [0.3, 0.4) is 0 Å². The lowest BCUT2D eigenvalue weighted by Gasteiger charge is -2.37. The first-order chi connectivity index (χ1) is 16.3. The van der Waals surface area contributed by atoms with E-state index in [0.717, 1.165) is 30.3 Å². The summed E-state index contributed by atoms with van der Waals surface area (Å²) in [7, 11) is 0. The third kappa shape index (κ3) is 4.70. The molecule has 0 aliphatic carbocycles. The molecule has 3 aromatic rings. The Kier molecular flexibility index (Phi) is 7.01. The third-order valence-corrected chi connectivity index (χ3v) is 5.78. The Morgan fingerprint density at radius 1 is 1.12 bits per heavy atom. The summed E-state index contributed by atoms with van der Waals surface area (Å²) in [5.74, 6) is -3.54. The van der Waals surface area contributed by atoms with Crippen molar-refractivity contribution in [2.75, 3.05) is 0 Å². The van der Waals surface area contributed by atoms with Crippen molar-refractivity contribution in [3.05, 3.63) is 77.3 Å². The fraction of sp³-hybridized carbons (Fsp3) is 0.333. The van der Waals surface area contributed by atoms with Gasteiger partial charge < -0.3 is 14.9 Å². The zero-order valence-electron chi connectivity index (χ0n) is 18.2. The minimum atomic E-state index is -1.03. The maximum absolute atomic E-state index is 14.4. The van der Waals surface area contributed by atoms with Crippen LogP contribution in [0, 0.1) is 17.5 Å². The van der Waals surface area contributed by atoms with Crippen LogP contribution in [0.25, 0.3) is 11.3 Å². The molecule has 3 heterocycles. The van der Waals surface area contributed by atoms with Crippen molar-refractivity contribution >= 4 is 5.78 Å². The van der Waals surface area contributed by atoms with Crippen LogP contribution in [-0.2, 0) is 11.2 Å². The monoisotopic (exact) mass is 473 g/mol. The zero-order chi connectivity index (χ0) is 24.4. The second kappa shape index (κ2) is 9.96. The molecule has 0 unspecified atom stereocenters. The predicted octanol–water partition coefficient (Wildman–Crippen LogP) is 3.34. The van der Waals surface area contributed by atoms with Crippen molar-refractivity contribution < 1.29 is 32.9 Å². The molecule has 2 aromatic heterocycles. The fourth-order valence-electron chi connectivity index (χ4n) is 4.02. The molecule has 0 saturated carbocycles. The molecule has 2 N–H and O–H groups in total. The second-order valence-electron chi connectivity index (χ2n) is 8.02. The number of halogens is 3. The maximum Gasteiger partial charge on any atom is 0.185 e. The number of carbonyl (C=O) groups is 1. The first-order valence-corrected chi connectivity index (χ1v) is 10.7. The number of aliphatic hydroxyl groups excluding tert-OH is 2. The summed E-state index contributed by atoms with van der Waals surface area (Å²) in [6.45, 7) is 1.81. The molecule has 0 bridgehead atoms. The molecular formula is C24H22F3N3O4. The van der Waals surface area contributed by atoms with Gasteiger partial charge in [0.2, 0.25) is 0 Å². The Bertz CT molecular complexity index is 1190. The van der Waals surface area contributed by atoms with E-state index in [9.17, 15) is 28.2 Å². The number of pyridine rings is 1. The van der Waals surface area contributed by atoms with E-state index in [1.165, 1.54) is 12.5 Å². The second-order valence-corrected chi connectivity index (χ2v) is 8.02. The van der Waals surface area contributed by atoms with E-state index in [2.05, 4.69) is 15.0 Å². The van der Waals surface area contributed by atoms with Crippen LogP contribution in [0.15, 0.2) is 42.9 Å². The van der Waals surface area contributed by atoms with Crippen LogP contribution in [-0.4, -0.2) is 49.3 Å². The summed E-state index contributed by atoms with van der Waals surface area (Å²) in [6, 6.07) is 5.15. The zero-order valence-corrected chi connectivity index (χ0v) is 18.2. The smallest absolute Gasteiger partial charge is 0.185 e.